The fourth-order valence-electron chi connectivity index (χ4n) is 3.68. The minimum absolute atomic E-state index is 0.0120. The molecule has 31 heavy (non-hydrogen) atoms. The number of fused-ring (bicyclic) bond motifs is 2. The van der Waals surface area contributed by atoms with Crippen molar-refractivity contribution in [1.82, 2.24) is 15.3 Å². The Morgan fingerprint density at radius 3 is 2.84 bits per heavy atom. The maximum atomic E-state index is 13.0. The Balaban J connectivity index is 1.54. The molecule has 4 rings (SSSR count). The number of hydrogen-bond acceptors (Lipinski definition) is 6. The summed E-state index contributed by atoms with van der Waals surface area (Å²) in [5, 5.41) is 2.51. The highest BCUT2D eigenvalue weighted by Crippen LogP contribution is 2.42. The SMILES string of the molecule is CN1C(=O)[C@@H](NC(=O)c2ncc3c(n2)C(C)(CC(F)(F)F)OC3)COc2ccccc21. The van der Waals surface area contributed by atoms with E-state index in [1.54, 1.807) is 31.3 Å². The highest BCUT2D eigenvalue weighted by Gasteiger charge is 2.47. The van der Waals surface area contributed by atoms with Gasteiger partial charge < -0.3 is 19.7 Å². The Labute approximate surface area is 175 Å². The first-order chi connectivity index (χ1) is 14.6. The molecular weight excluding hydrogens is 417 g/mol. The molecule has 0 radical (unpaired) electrons. The highest BCUT2D eigenvalue weighted by atomic mass is 19.4. The van der Waals surface area contributed by atoms with Crippen LogP contribution in [0.15, 0.2) is 30.5 Å². The molecule has 164 valence electrons. The van der Waals surface area contributed by atoms with Crippen molar-refractivity contribution in [2.45, 2.75) is 37.8 Å². The molecule has 0 spiro atoms. The average molecular weight is 436 g/mol. The lowest BCUT2D eigenvalue weighted by Crippen LogP contribution is -2.49. The van der Waals surface area contributed by atoms with Crippen LogP contribution in [0.2, 0.25) is 0 Å². The van der Waals surface area contributed by atoms with E-state index in [1.807, 2.05) is 0 Å². The molecular formula is C20H19F3N4O4. The van der Waals surface area contributed by atoms with Gasteiger partial charge in [-0.25, -0.2) is 9.97 Å². The molecule has 1 aromatic heterocycles. The van der Waals surface area contributed by atoms with Gasteiger partial charge in [0.1, 0.15) is 24.0 Å². The summed E-state index contributed by atoms with van der Waals surface area (Å²) < 4.78 is 49.9. The van der Waals surface area contributed by atoms with Crippen molar-refractivity contribution in [2.24, 2.45) is 0 Å². The number of amides is 2. The molecule has 2 aromatic rings. The summed E-state index contributed by atoms with van der Waals surface area (Å²) in [6.45, 7) is 1.07. The molecule has 1 unspecified atom stereocenters. The van der Waals surface area contributed by atoms with E-state index in [0.29, 0.717) is 17.0 Å². The molecule has 1 aromatic carbocycles. The van der Waals surface area contributed by atoms with E-state index in [0.717, 1.165) is 0 Å². The van der Waals surface area contributed by atoms with Crippen LogP contribution in [0.25, 0.3) is 0 Å². The summed E-state index contributed by atoms with van der Waals surface area (Å²) in [5.74, 6) is -1.08. The zero-order valence-corrected chi connectivity index (χ0v) is 16.7. The largest absolute Gasteiger partial charge is 0.489 e. The Morgan fingerprint density at radius 1 is 1.35 bits per heavy atom. The van der Waals surface area contributed by atoms with Gasteiger partial charge in [0.2, 0.25) is 5.82 Å². The number of likely N-dealkylation sites (N-methyl/N-ethyl adjacent to an activating group) is 1. The number of hydrogen-bond donors (Lipinski definition) is 1. The maximum Gasteiger partial charge on any atom is 0.392 e. The minimum atomic E-state index is -4.48. The average Bonchev–Trinajstić information content (AvgIpc) is 2.98. The third-order valence-corrected chi connectivity index (χ3v) is 5.22. The molecule has 0 fully saturated rings. The lowest BCUT2D eigenvalue weighted by molar-refractivity contribution is -0.185. The summed E-state index contributed by atoms with van der Waals surface area (Å²) in [6, 6.07) is 5.90. The summed E-state index contributed by atoms with van der Waals surface area (Å²) >= 11 is 0. The van der Waals surface area contributed by atoms with Gasteiger partial charge >= 0.3 is 6.18 Å². The number of benzene rings is 1. The Kier molecular flexibility index (Phi) is 5.08. The normalized spacial score (nSPS) is 22.9. The van der Waals surface area contributed by atoms with Crippen molar-refractivity contribution >= 4 is 17.5 Å². The summed E-state index contributed by atoms with van der Waals surface area (Å²) in [4.78, 5) is 34.8. The first kappa shape index (κ1) is 21.0. The van der Waals surface area contributed by atoms with Gasteiger partial charge in [0.15, 0.2) is 0 Å². The number of ether oxygens (including phenoxy) is 2. The molecule has 8 nitrogen and oxygen atoms in total. The van der Waals surface area contributed by atoms with Gasteiger partial charge in [0.05, 0.1) is 24.4 Å². The van der Waals surface area contributed by atoms with E-state index in [2.05, 4.69) is 15.3 Å². The van der Waals surface area contributed by atoms with Crippen LogP contribution in [0.5, 0.6) is 5.75 Å². The fraction of sp³-hybridized carbons (Fsp3) is 0.400. The lowest BCUT2D eigenvalue weighted by atomic mass is 9.96. The van der Waals surface area contributed by atoms with Crippen molar-refractivity contribution in [3.63, 3.8) is 0 Å². The number of carbonyl (C=O) groups is 2. The number of aromatic nitrogens is 2. The van der Waals surface area contributed by atoms with Gasteiger partial charge in [-0.2, -0.15) is 13.2 Å². The first-order valence-electron chi connectivity index (χ1n) is 9.45. The van der Waals surface area contributed by atoms with Gasteiger partial charge in [-0.1, -0.05) is 12.1 Å². The van der Waals surface area contributed by atoms with Crippen molar-refractivity contribution < 1.29 is 32.2 Å². The summed E-state index contributed by atoms with van der Waals surface area (Å²) in [7, 11) is 1.56. The zero-order chi connectivity index (χ0) is 22.4. The second-order valence-electron chi connectivity index (χ2n) is 7.58. The van der Waals surface area contributed by atoms with Crippen molar-refractivity contribution in [3.8, 4) is 5.75 Å². The summed E-state index contributed by atoms with van der Waals surface area (Å²) in [6.07, 6.45) is -4.46. The monoisotopic (exact) mass is 436 g/mol. The lowest BCUT2D eigenvalue weighted by Gasteiger charge is -2.25. The van der Waals surface area contributed by atoms with Crippen molar-refractivity contribution in [2.75, 3.05) is 18.6 Å². The number of rotatable bonds is 3. The number of alkyl halides is 3. The number of carbonyl (C=O) groups excluding carboxylic acids is 2. The van der Waals surface area contributed by atoms with Crippen molar-refractivity contribution in [1.29, 1.82) is 0 Å². The molecule has 2 aliphatic rings. The van der Waals surface area contributed by atoms with Crippen LogP contribution in [-0.4, -0.2) is 47.7 Å². The fourth-order valence-corrected chi connectivity index (χ4v) is 3.68. The number of para-hydroxylation sites is 2. The molecule has 1 N–H and O–H groups in total. The molecule has 0 saturated carbocycles. The molecule has 2 aliphatic heterocycles. The molecule has 0 saturated heterocycles. The second-order valence-corrected chi connectivity index (χ2v) is 7.58. The van der Waals surface area contributed by atoms with E-state index in [4.69, 9.17) is 9.47 Å². The predicted octanol–water partition coefficient (Wildman–Crippen LogP) is 2.33. The Bertz CT molecular complexity index is 1050. The Morgan fingerprint density at radius 2 is 2.10 bits per heavy atom. The second kappa shape index (κ2) is 7.49. The van der Waals surface area contributed by atoms with Crippen LogP contribution in [0.3, 0.4) is 0 Å². The molecule has 11 heteroatoms. The van der Waals surface area contributed by atoms with E-state index < -0.39 is 36.1 Å². The van der Waals surface area contributed by atoms with E-state index in [-0.39, 0.29) is 24.7 Å². The van der Waals surface area contributed by atoms with E-state index in [9.17, 15) is 22.8 Å². The molecule has 3 heterocycles. The van der Waals surface area contributed by atoms with Crippen LogP contribution in [0.4, 0.5) is 18.9 Å². The standard InChI is InChI=1S/C20H19F3N4O4/c1-19(10-20(21,22)23)15-11(8-31-19)7-24-16(26-15)17(28)25-12-9-30-14-6-4-3-5-13(14)27(2)18(12)29/h3-7,12H,8-10H2,1-2H3,(H,25,28)/t12-,19?/m0/s1. The van der Waals surface area contributed by atoms with Crippen LogP contribution in [0.1, 0.15) is 35.2 Å². The predicted molar refractivity (Wildman–Crippen MR) is 101 cm³/mol. The van der Waals surface area contributed by atoms with E-state index in [1.165, 1.54) is 18.0 Å². The van der Waals surface area contributed by atoms with Crippen LogP contribution in [-0.2, 0) is 21.7 Å². The molecule has 2 atom stereocenters. The van der Waals surface area contributed by atoms with E-state index >= 15 is 0 Å². The quantitative estimate of drug-likeness (QED) is 0.794. The third-order valence-electron chi connectivity index (χ3n) is 5.22. The highest BCUT2D eigenvalue weighted by molar-refractivity contribution is 6.02. The van der Waals surface area contributed by atoms with Crippen LogP contribution < -0.4 is 15.0 Å². The Hall–Kier alpha value is -3.21. The molecule has 2 amide bonds. The number of nitrogens with zero attached hydrogens (tertiary/aromatic N) is 3. The number of halogens is 3. The van der Waals surface area contributed by atoms with Gasteiger partial charge in [-0.3, -0.25) is 9.59 Å². The van der Waals surface area contributed by atoms with Crippen molar-refractivity contribution in [3.05, 3.63) is 47.5 Å². The molecule has 0 aliphatic carbocycles. The van der Waals surface area contributed by atoms with Gasteiger partial charge in [-0.05, 0) is 19.1 Å². The van der Waals surface area contributed by atoms with Gasteiger partial charge in [0, 0.05) is 18.8 Å². The maximum absolute atomic E-state index is 13.0. The number of nitrogens with one attached hydrogen (secondary N) is 1. The minimum Gasteiger partial charge on any atom is -0.489 e. The third kappa shape index (κ3) is 4.05. The summed E-state index contributed by atoms with van der Waals surface area (Å²) in [5.41, 5.74) is -0.766. The first-order valence-corrected chi connectivity index (χ1v) is 9.45. The topological polar surface area (TPSA) is 93.7 Å². The van der Waals surface area contributed by atoms with Crippen LogP contribution in [0, 0.1) is 0 Å². The van der Waals surface area contributed by atoms with Crippen LogP contribution >= 0.6 is 0 Å². The zero-order valence-electron chi connectivity index (χ0n) is 16.7. The van der Waals surface area contributed by atoms with Gasteiger partial charge in [0.25, 0.3) is 11.8 Å². The number of anilines is 1. The van der Waals surface area contributed by atoms with Gasteiger partial charge in [-0.15, -0.1) is 0 Å². The smallest absolute Gasteiger partial charge is 0.392 e. The molecule has 0 bridgehead atoms.